The molecule has 9 heteroatoms. The molecule has 0 aliphatic carbocycles. The van der Waals surface area contributed by atoms with Crippen LogP contribution in [0.5, 0.6) is 0 Å². The predicted molar refractivity (Wildman–Crippen MR) is 102 cm³/mol. The largest absolute Gasteiger partial charge is 0.294 e. The van der Waals surface area contributed by atoms with Crippen LogP contribution < -0.4 is 4.72 Å². The SMILES string of the molecule is O=[N+]([O-])c1ccc(CS(=O)(=O)NCC(c2cccs2)N2CCCC2)cc1. The smallest absolute Gasteiger partial charge is 0.269 e. The van der Waals surface area contributed by atoms with E-state index in [4.69, 9.17) is 0 Å². The molecule has 1 aromatic heterocycles. The highest BCUT2D eigenvalue weighted by Gasteiger charge is 2.26. The first-order valence-corrected chi connectivity index (χ1v) is 11.0. The molecule has 1 saturated heterocycles. The van der Waals surface area contributed by atoms with Crippen LogP contribution >= 0.6 is 11.3 Å². The van der Waals surface area contributed by atoms with Gasteiger partial charge in [0.05, 0.1) is 16.7 Å². The quantitative estimate of drug-likeness (QED) is 0.548. The molecule has 3 rings (SSSR count). The molecule has 0 saturated carbocycles. The van der Waals surface area contributed by atoms with Gasteiger partial charge in [0, 0.05) is 23.6 Å². The Bertz CT molecular complexity index is 829. The highest BCUT2D eigenvalue weighted by Crippen LogP contribution is 2.28. The van der Waals surface area contributed by atoms with Crippen LogP contribution in [0.1, 0.15) is 29.3 Å². The van der Waals surface area contributed by atoms with Crippen LogP contribution in [0.25, 0.3) is 0 Å². The summed E-state index contributed by atoms with van der Waals surface area (Å²) in [7, 11) is -3.53. The van der Waals surface area contributed by atoms with Crippen molar-refractivity contribution in [3.63, 3.8) is 0 Å². The van der Waals surface area contributed by atoms with Crippen molar-refractivity contribution >= 4 is 27.0 Å². The van der Waals surface area contributed by atoms with Crippen molar-refractivity contribution in [2.24, 2.45) is 0 Å². The van der Waals surface area contributed by atoms with Crippen molar-refractivity contribution in [2.75, 3.05) is 19.6 Å². The predicted octanol–water partition coefficient (Wildman–Crippen LogP) is 2.91. The number of nitro benzene ring substituents is 1. The summed E-state index contributed by atoms with van der Waals surface area (Å²) in [6.45, 7) is 2.29. The molecule has 140 valence electrons. The number of hydrogen-bond acceptors (Lipinski definition) is 6. The molecule has 1 unspecified atom stereocenters. The van der Waals surface area contributed by atoms with Crippen molar-refractivity contribution in [2.45, 2.75) is 24.6 Å². The topological polar surface area (TPSA) is 92.5 Å². The molecule has 0 spiro atoms. The van der Waals surface area contributed by atoms with Crippen molar-refractivity contribution in [3.8, 4) is 0 Å². The standard InChI is InChI=1S/C17H21N3O4S2/c21-20(22)15-7-5-14(6-8-15)13-26(23,24)18-12-16(17-4-3-11-25-17)19-9-1-2-10-19/h3-8,11,16,18H,1-2,9-10,12-13H2. The summed E-state index contributed by atoms with van der Waals surface area (Å²) < 4.78 is 27.6. The van der Waals surface area contributed by atoms with E-state index >= 15 is 0 Å². The maximum Gasteiger partial charge on any atom is 0.269 e. The van der Waals surface area contributed by atoms with E-state index in [1.807, 2.05) is 17.5 Å². The van der Waals surface area contributed by atoms with Gasteiger partial charge in [0.1, 0.15) is 0 Å². The number of thiophene rings is 1. The molecular weight excluding hydrogens is 374 g/mol. The first kappa shape index (κ1) is 19.0. The van der Waals surface area contributed by atoms with E-state index in [2.05, 4.69) is 9.62 Å². The first-order valence-electron chi connectivity index (χ1n) is 8.43. The van der Waals surface area contributed by atoms with Crippen molar-refractivity contribution in [1.82, 2.24) is 9.62 Å². The maximum absolute atomic E-state index is 12.4. The van der Waals surface area contributed by atoms with E-state index in [1.165, 1.54) is 24.3 Å². The third kappa shape index (κ3) is 4.88. The average Bonchev–Trinajstić information content (AvgIpc) is 3.29. The zero-order valence-electron chi connectivity index (χ0n) is 14.2. The lowest BCUT2D eigenvalue weighted by Crippen LogP contribution is -2.36. The normalized spacial score (nSPS) is 16.6. The molecule has 26 heavy (non-hydrogen) atoms. The summed E-state index contributed by atoms with van der Waals surface area (Å²) in [6, 6.07) is 9.67. The van der Waals surface area contributed by atoms with Gasteiger partial charge >= 0.3 is 0 Å². The zero-order chi connectivity index (χ0) is 18.6. The third-order valence-electron chi connectivity index (χ3n) is 4.45. The Hall–Kier alpha value is -1.81. The second-order valence-electron chi connectivity index (χ2n) is 6.31. The maximum atomic E-state index is 12.4. The van der Waals surface area contributed by atoms with E-state index in [0.29, 0.717) is 12.1 Å². The molecular formula is C17H21N3O4S2. The summed E-state index contributed by atoms with van der Waals surface area (Å²) in [5.74, 6) is -0.192. The molecule has 0 amide bonds. The van der Waals surface area contributed by atoms with Gasteiger partial charge in [-0.3, -0.25) is 15.0 Å². The number of hydrogen-bond donors (Lipinski definition) is 1. The van der Waals surface area contributed by atoms with Crippen LogP contribution in [0.15, 0.2) is 41.8 Å². The molecule has 1 fully saturated rings. The summed E-state index contributed by atoms with van der Waals surface area (Å²) in [6.07, 6.45) is 2.27. The fraction of sp³-hybridized carbons (Fsp3) is 0.412. The number of nitrogens with zero attached hydrogens (tertiary/aromatic N) is 2. The van der Waals surface area contributed by atoms with Crippen molar-refractivity contribution < 1.29 is 13.3 Å². The first-order chi connectivity index (χ1) is 12.4. The average molecular weight is 396 g/mol. The molecule has 0 radical (unpaired) electrons. The number of nitro groups is 1. The van der Waals surface area contributed by atoms with E-state index < -0.39 is 14.9 Å². The Morgan fingerprint density at radius 1 is 1.19 bits per heavy atom. The number of likely N-dealkylation sites (tertiary alicyclic amines) is 1. The molecule has 2 aromatic rings. The van der Waals surface area contributed by atoms with Gasteiger partial charge in [-0.15, -0.1) is 11.3 Å². The van der Waals surface area contributed by atoms with Gasteiger partial charge in [0.2, 0.25) is 10.0 Å². The van der Waals surface area contributed by atoms with E-state index in [-0.39, 0.29) is 17.5 Å². The third-order valence-corrected chi connectivity index (χ3v) is 6.75. The van der Waals surface area contributed by atoms with Gasteiger partial charge < -0.3 is 0 Å². The van der Waals surface area contributed by atoms with Gasteiger partial charge in [0.15, 0.2) is 0 Å². The van der Waals surface area contributed by atoms with Gasteiger partial charge in [-0.05, 0) is 42.9 Å². The van der Waals surface area contributed by atoms with Gasteiger partial charge in [-0.25, -0.2) is 13.1 Å². The number of non-ortho nitro benzene ring substituents is 1. The lowest BCUT2D eigenvalue weighted by atomic mass is 10.2. The van der Waals surface area contributed by atoms with Gasteiger partial charge in [-0.2, -0.15) is 0 Å². The molecule has 1 aromatic carbocycles. The number of rotatable bonds is 8. The lowest BCUT2D eigenvalue weighted by molar-refractivity contribution is -0.384. The summed E-state index contributed by atoms with van der Waals surface area (Å²) in [5.41, 5.74) is 0.475. The summed E-state index contributed by atoms with van der Waals surface area (Å²) in [4.78, 5) is 13.7. The van der Waals surface area contributed by atoms with Crippen LogP contribution in [0.3, 0.4) is 0 Å². The van der Waals surface area contributed by atoms with Crippen molar-refractivity contribution in [1.29, 1.82) is 0 Å². The molecule has 1 N–H and O–H groups in total. The second kappa shape index (κ2) is 8.26. The van der Waals surface area contributed by atoms with Crippen molar-refractivity contribution in [3.05, 3.63) is 62.3 Å². The number of benzene rings is 1. The minimum Gasteiger partial charge on any atom is -0.294 e. The van der Waals surface area contributed by atoms with Crippen LogP contribution in [-0.4, -0.2) is 37.9 Å². The number of nitrogens with one attached hydrogen (secondary N) is 1. The molecule has 1 aliphatic rings. The van der Waals surface area contributed by atoms with Crippen LogP contribution in [0.2, 0.25) is 0 Å². The van der Waals surface area contributed by atoms with E-state index in [9.17, 15) is 18.5 Å². The minimum absolute atomic E-state index is 0.0455. The lowest BCUT2D eigenvalue weighted by Gasteiger charge is -2.26. The van der Waals surface area contributed by atoms with Gasteiger partial charge in [0.25, 0.3) is 5.69 Å². The Kier molecular flexibility index (Phi) is 6.02. The molecule has 0 bridgehead atoms. The summed E-state index contributed by atoms with van der Waals surface area (Å²) >= 11 is 1.64. The zero-order valence-corrected chi connectivity index (χ0v) is 15.8. The fourth-order valence-electron chi connectivity index (χ4n) is 3.13. The Morgan fingerprint density at radius 3 is 2.46 bits per heavy atom. The van der Waals surface area contributed by atoms with Gasteiger partial charge in [-0.1, -0.05) is 18.2 Å². The molecule has 7 nitrogen and oxygen atoms in total. The van der Waals surface area contributed by atoms with E-state index in [0.717, 1.165) is 30.8 Å². The Morgan fingerprint density at radius 2 is 1.88 bits per heavy atom. The fourth-order valence-corrected chi connectivity index (χ4v) is 5.14. The highest BCUT2D eigenvalue weighted by molar-refractivity contribution is 7.88. The van der Waals surface area contributed by atoms with Crippen LogP contribution in [0, 0.1) is 10.1 Å². The minimum atomic E-state index is -3.53. The monoisotopic (exact) mass is 395 g/mol. The highest BCUT2D eigenvalue weighted by atomic mass is 32.2. The molecule has 1 aliphatic heterocycles. The summed E-state index contributed by atoms with van der Waals surface area (Å²) in [5, 5.41) is 12.7. The molecule has 1 atom stereocenters. The van der Waals surface area contributed by atoms with Crippen LogP contribution in [0.4, 0.5) is 5.69 Å². The Balaban J connectivity index is 1.64. The Labute approximate surface area is 156 Å². The van der Waals surface area contributed by atoms with Crippen LogP contribution in [-0.2, 0) is 15.8 Å². The molecule has 2 heterocycles. The van der Waals surface area contributed by atoms with E-state index in [1.54, 1.807) is 11.3 Å². The second-order valence-corrected chi connectivity index (χ2v) is 9.09. The number of sulfonamides is 1.